The van der Waals surface area contributed by atoms with Crippen molar-refractivity contribution < 1.29 is 0 Å². The van der Waals surface area contributed by atoms with Gasteiger partial charge in [0.1, 0.15) is 0 Å². The van der Waals surface area contributed by atoms with Crippen molar-refractivity contribution in [3.63, 3.8) is 0 Å². The van der Waals surface area contributed by atoms with Gasteiger partial charge in [0, 0.05) is 12.8 Å². The highest BCUT2D eigenvalue weighted by molar-refractivity contribution is 5.71. The quantitative estimate of drug-likeness (QED) is 0.403. The second-order valence-corrected chi connectivity index (χ2v) is 1.56. The number of allylic oxidation sites excluding steroid dienone is 4. The maximum absolute atomic E-state index is 4.00. The molecule has 0 N–H and O–H groups in total. The Bertz CT molecular complexity index is 121. The summed E-state index contributed by atoms with van der Waals surface area (Å²) in [6.07, 6.45) is 9.64. The molecule has 0 amide bonds. The normalized spacial score (nSPS) is 12.7. The molecular weight excluding hydrogens is 110 g/mol. The van der Waals surface area contributed by atoms with Gasteiger partial charge >= 0.3 is 0 Å². The van der Waals surface area contributed by atoms with E-state index in [2.05, 4.69) is 4.99 Å². The standard InChI is InChI=1S/C8H13N/c1-3-5-6-7-8-9-4-2/h3,5-8H,4H2,1-2H3/b5-3-,7-6-,9-8?. The first-order chi connectivity index (χ1) is 4.41. The molecule has 0 aromatic rings. The van der Waals surface area contributed by atoms with Crippen molar-refractivity contribution in [2.75, 3.05) is 6.54 Å². The Morgan fingerprint density at radius 3 is 2.56 bits per heavy atom. The Morgan fingerprint density at radius 1 is 1.22 bits per heavy atom. The summed E-state index contributed by atoms with van der Waals surface area (Å²) in [5.74, 6) is 0. The summed E-state index contributed by atoms with van der Waals surface area (Å²) in [6, 6.07) is 0. The molecule has 0 heterocycles. The van der Waals surface area contributed by atoms with Crippen LogP contribution in [0.25, 0.3) is 0 Å². The summed E-state index contributed by atoms with van der Waals surface area (Å²) >= 11 is 0. The van der Waals surface area contributed by atoms with Crippen LogP contribution in [0, 0.1) is 0 Å². The monoisotopic (exact) mass is 123 g/mol. The molecule has 0 fully saturated rings. The molecule has 9 heavy (non-hydrogen) atoms. The average molecular weight is 123 g/mol. The van der Waals surface area contributed by atoms with Crippen molar-refractivity contribution in [2.24, 2.45) is 4.99 Å². The number of hydrogen-bond acceptors (Lipinski definition) is 1. The number of hydrogen-bond donors (Lipinski definition) is 0. The Labute approximate surface area is 56.8 Å². The smallest absolute Gasteiger partial charge is 0.0360 e. The third-order valence-electron chi connectivity index (χ3n) is 0.789. The molecule has 1 heteroatoms. The average Bonchev–Trinajstić information content (AvgIpc) is 1.89. The Balaban J connectivity index is 3.35. The predicted octanol–water partition coefficient (Wildman–Crippen LogP) is 2.21. The minimum Gasteiger partial charge on any atom is -0.293 e. The first kappa shape index (κ1) is 8.15. The van der Waals surface area contributed by atoms with Gasteiger partial charge in [0.2, 0.25) is 0 Å². The van der Waals surface area contributed by atoms with E-state index in [4.69, 9.17) is 0 Å². The second kappa shape index (κ2) is 7.15. The molecule has 0 atom stereocenters. The van der Waals surface area contributed by atoms with Crippen molar-refractivity contribution in [3.8, 4) is 0 Å². The lowest BCUT2D eigenvalue weighted by Crippen LogP contribution is -1.67. The summed E-state index contributed by atoms with van der Waals surface area (Å²) in [5, 5.41) is 0. The molecular formula is C8H13N. The molecule has 0 aliphatic rings. The van der Waals surface area contributed by atoms with E-state index in [0.717, 1.165) is 6.54 Å². The highest BCUT2D eigenvalue weighted by atomic mass is 14.7. The molecule has 0 unspecified atom stereocenters. The van der Waals surface area contributed by atoms with Crippen molar-refractivity contribution in [1.29, 1.82) is 0 Å². The Morgan fingerprint density at radius 2 is 2.00 bits per heavy atom. The first-order valence-electron chi connectivity index (χ1n) is 3.19. The van der Waals surface area contributed by atoms with Gasteiger partial charge < -0.3 is 0 Å². The number of nitrogens with zero attached hydrogens (tertiary/aromatic N) is 1. The lowest BCUT2D eigenvalue weighted by atomic mass is 10.4. The van der Waals surface area contributed by atoms with Gasteiger partial charge in [-0.3, -0.25) is 4.99 Å². The summed E-state index contributed by atoms with van der Waals surface area (Å²) in [4.78, 5) is 4.00. The second-order valence-electron chi connectivity index (χ2n) is 1.56. The van der Waals surface area contributed by atoms with Crippen molar-refractivity contribution >= 4 is 6.21 Å². The highest BCUT2D eigenvalue weighted by Gasteiger charge is 1.60. The van der Waals surface area contributed by atoms with Crippen LogP contribution in [0.1, 0.15) is 13.8 Å². The molecule has 0 bridgehead atoms. The molecule has 0 saturated carbocycles. The lowest BCUT2D eigenvalue weighted by Gasteiger charge is -1.73. The largest absolute Gasteiger partial charge is 0.293 e. The molecule has 0 rings (SSSR count). The van der Waals surface area contributed by atoms with Crippen molar-refractivity contribution in [1.82, 2.24) is 0 Å². The molecule has 50 valence electrons. The van der Waals surface area contributed by atoms with Gasteiger partial charge in [-0.1, -0.05) is 18.2 Å². The number of rotatable bonds is 3. The maximum atomic E-state index is 4.00. The van der Waals surface area contributed by atoms with E-state index < -0.39 is 0 Å². The fraction of sp³-hybridized carbons (Fsp3) is 0.375. The summed E-state index contributed by atoms with van der Waals surface area (Å²) in [6.45, 7) is 4.86. The van der Waals surface area contributed by atoms with Crippen LogP contribution in [0.3, 0.4) is 0 Å². The molecule has 0 aromatic carbocycles. The van der Waals surface area contributed by atoms with Crippen LogP contribution < -0.4 is 0 Å². The lowest BCUT2D eigenvalue weighted by molar-refractivity contribution is 1.14. The van der Waals surface area contributed by atoms with Gasteiger partial charge in [0.15, 0.2) is 0 Å². The van der Waals surface area contributed by atoms with E-state index in [1.165, 1.54) is 0 Å². The van der Waals surface area contributed by atoms with E-state index in [1.54, 1.807) is 6.21 Å². The zero-order chi connectivity index (χ0) is 6.95. The summed E-state index contributed by atoms with van der Waals surface area (Å²) in [7, 11) is 0. The third-order valence-corrected chi connectivity index (χ3v) is 0.789. The fourth-order valence-electron chi connectivity index (χ4n) is 0.391. The van der Waals surface area contributed by atoms with Crippen molar-refractivity contribution in [2.45, 2.75) is 13.8 Å². The van der Waals surface area contributed by atoms with Gasteiger partial charge in [-0.05, 0) is 19.9 Å². The van der Waals surface area contributed by atoms with Crippen molar-refractivity contribution in [3.05, 3.63) is 24.3 Å². The van der Waals surface area contributed by atoms with Gasteiger partial charge in [-0.2, -0.15) is 0 Å². The van der Waals surface area contributed by atoms with E-state index in [0.29, 0.717) is 0 Å². The van der Waals surface area contributed by atoms with Gasteiger partial charge in [-0.25, -0.2) is 0 Å². The van der Waals surface area contributed by atoms with Crippen LogP contribution in [-0.4, -0.2) is 12.8 Å². The topological polar surface area (TPSA) is 12.4 Å². The predicted molar refractivity (Wildman–Crippen MR) is 43.0 cm³/mol. The van der Waals surface area contributed by atoms with Crippen LogP contribution in [0.2, 0.25) is 0 Å². The zero-order valence-corrected chi connectivity index (χ0v) is 6.04. The van der Waals surface area contributed by atoms with E-state index >= 15 is 0 Å². The van der Waals surface area contributed by atoms with E-state index in [-0.39, 0.29) is 0 Å². The van der Waals surface area contributed by atoms with Crippen LogP contribution in [-0.2, 0) is 0 Å². The highest BCUT2D eigenvalue weighted by Crippen LogP contribution is 1.73. The van der Waals surface area contributed by atoms with Gasteiger partial charge in [-0.15, -0.1) is 0 Å². The Kier molecular flexibility index (Phi) is 6.47. The van der Waals surface area contributed by atoms with Gasteiger partial charge in [0.05, 0.1) is 0 Å². The number of aliphatic imine (C=N–C) groups is 1. The molecule has 0 radical (unpaired) electrons. The molecule has 0 aromatic heterocycles. The first-order valence-corrected chi connectivity index (χ1v) is 3.19. The maximum Gasteiger partial charge on any atom is 0.0360 e. The molecule has 0 aliphatic heterocycles. The van der Waals surface area contributed by atoms with Crippen LogP contribution >= 0.6 is 0 Å². The van der Waals surface area contributed by atoms with Crippen LogP contribution in [0.5, 0.6) is 0 Å². The summed E-state index contributed by atoms with van der Waals surface area (Å²) in [5.41, 5.74) is 0. The van der Waals surface area contributed by atoms with Crippen LogP contribution in [0.4, 0.5) is 0 Å². The van der Waals surface area contributed by atoms with Crippen LogP contribution in [0.15, 0.2) is 29.3 Å². The van der Waals surface area contributed by atoms with Gasteiger partial charge in [0.25, 0.3) is 0 Å². The van der Waals surface area contributed by atoms with E-state index in [9.17, 15) is 0 Å². The zero-order valence-electron chi connectivity index (χ0n) is 6.04. The molecule has 1 nitrogen and oxygen atoms in total. The fourth-order valence-corrected chi connectivity index (χ4v) is 0.391. The SMILES string of the molecule is C/C=C\C=C/C=NCC. The molecule has 0 saturated heterocycles. The van der Waals surface area contributed by atoms with E-state index in [1.807, 2.05) is 38.2 Å². The molecule has 0 spiro atoms. The Hall–Kier alpha value is -0.850. The minimum atomic E-state index is 0.861. The summed E-state index contributed by atoms with van der Waals surface area (Å²) < 4.78 is 0. The third kappa shape index (κ3) is 7.15. The molecule has 0 aliphatic carbocycles. The minimum absolute atomic E-state index is 0.861.